The summed E-state index contributed by atoms with van der Waals surface area (Å²) in [5.74, 6) is 0. The summed E-state index contributed by atoms with van der Waals surface area (Å²) >= 11 is 3.30. The lowest BCUT2D eigenvalue weighted by Crippen LogP contribution is -2.31. The molecule has 0 saturated heterocycles. The number of halogens is 1. The maximum absolute atomic E-state index is 10.8. The van der Waals surface area contributed by atoms with E-state index >= 15 is 0 Å². The molecule has 0 atom stereocenters. The standard InChI is InChI=1S/C13H20BrN3O2/c1-3-16(4-2)9-8-15-10-11-6-5-7-12(13(11)14)17(18)19/h5-7,15H,3-4,8-10H2,1-2H3. The Kier molecular flexibility index (Phi) is 6.97. The third-order valence-corrected chi connectivity index (χ3v) is 3.99. The lowest BCUT2D eigenvalue weighted by Gasteiger charge is -2.18. The molecule has 0 saturated carbocycles. The maximum atomic E-state index is 10.8. The number of nitro benzene ring substituents is 1. The zero-order valence-corrected chi connectivity index (χ0v) is 12.9. The number of nitro groups is 1. The van der Waals surface area contributed by atoms with Crippen LogP contribution < -0.4 is 5.32 Å². The molecule has 6 heteroatoms. The molecule has 1 aromatic rings. The minimum absolute atomic E-state index is 0.114. The van der Waals surface area contributed by atoms with Crippen molar-refractivity contribution in [3.05, 3.63) is 38.3 Å². The monoisotopic (exact) mass is 329 g/mol. The van der Waals surface area contributed by atoms with Crippen molar-refractivity contribution in [3.63, 3.8) is 0 Å². The predicted molar refractivity (Wildman–Crippen MR) is 80.3 cm³/mol. The summed E-state index contributed by atoms with van der Waals surface area (Å²) in [6.45, 7) is 8.85. The summed E-state index contributed by atoms with van der Waals surface area (Å²) in [5, 5.41) is 14.1. The van der Waals surface area contributed by atoms with E-state index in [1.807, 2.05) is 6.07 Å². The van der Waals surface area contributed by atoms with E-state index in [0.29, 0.717) is 11.0 Å². The van der Waals surface area contributed by atoms with Gasteiger partial charge in [-0.2, -0.15) is 0 Å². The van der Waals surface area contributed by atoms with Gasteiger partial charge in [-0.1, -0.05) is 26.0 Å². The SMILES string of the molecule is CCN(CC)CCNCc1cccc([N+](=O)[O-])c1Br. The lowest BCUT2D eigenvalue weighted by molar-refractivity contribution is -0.385. The number of benzene rings is 1. The molecule has 1 rings (SSSR count). The number of rotatable bonds is 8. The Morgan fingerprint density at radius 3 is 2.63 bits per heavy atom. The van der Waals surface area contributed by atoms with Crippen molar-refractivity contribution >= 4 is 21.6 Å². The van der Waals surface area contributed by atoms with Crippen LogP contribution in [0.15, 0.2) is 22.7 Å². The maximum Gasteiger partial charge on any atom is 0.283 e. The Labute approximate surface area is 122 Å². The highest BCUT2D eigenvalue weighted by Gasteiger charge is 2.14. The quantitative estimate of drug-likeness (QED) is 0.452. The first-order chi connectivity index (χ1) is 9.10. The van der Waals surface area contributed by atoms with Crippen molar-refractivity contribution in [3.8, 4) is 0 Å². The van der Waals surface area contributed by atoms with Crippen LogP contribution in [-0.4, -0.2) is 36.0 Å². The van der Waals surface area contributed by atoms with Crippen LogP contribution in [-0.2, 0) is 6.54 Å². The average Bonchev–Trinajstić information content (AvgIpc) is 2.40. The molecular formula is C13H20BrN3O2. The second kappa shape index (κ2) is 8.24. The number of nitrogens with one attached hydrogen (secondary N) is 1. The summed E-state index contributed by atoms with van der Waals surface area (Å²) in [6, 6.07) is 5.11. The normalized spacial score (nSPS) is 10.9. The van der Waals surface area contributed by atoms with E-state index in [1.165, 1.54) is 6.07 Å². The Morgan fingerprint density at radius 2 is 2.05 bits per heavy atom. The molecule has 1 N–H and O–H groups in total. The molecule has 0 unspecified atom stereocenters. The third-order valence-electron chi connectivity index (χ3n) is 3.07. The van der Waals surface area contributed by atoms with E-state index in [0.717, 1.165) is 31.7 Å². The Morgan fingerprint density at radius 1 is 1.37 bits per heavy atom. The largest absolute Gasteiger partial charge is 0.311 e. The molecule has 0 radical (unpaired) electrons. The van der Waals surface area contributed by atoms with Gasteiger partial charge in [0.25, 0.3) is 5.69 Å². The fourth-order valence-corrected chi connectivity index (χ4v) is 2.39. The molecule has 0 heterocycles. The average molecular weight is 330 g/mol. The van der Waals surface area contributed by atoms with E-state index in [4.69, 9.17) is 0 Å². The van der Waals surface area contributed by atoms with Crippen molar-refractivity contribution in [2.75, 3.05) is 26.2 Å². The van der Waals surface area contributed by atoms with Crippen LogP contribution in [0.1, 0.15) is 19.4 Å². The molecule has 0 amide bonds. The molecule has 0 bridgehead atoms. The van der Waals surface area contributed by atoms with E-state index in [9.17, 15) is 10.1 Å². The Hall–Kier alpha value is -0.980. The highest BCUT2D eigenvalue weighted by molar-refractivity contribution is 9.10. The number of hydrogen-bond acceptors (Lipinski definition) is 4. The summed E-state index contributed by atoms with van der Waals surface area (Å²) < 4.78 is 0.565. The van der Waals surface area contributed by atoms with Crippen molar-refractivity contribution in [1.82, 2.24) is 10.2 Å². The summed E-state index contributed by atoms with van der Waals surface area (Å²) in [4.78, 5) is 12.8. The molecular weight excluding hydrogens is 310 g/mol. The zero-order chi connectivity index (χ0) is 14.3. The van der Waals surface area contributed by atoms with Gasteiger partial charge < -0.3 is 10.2 Å². The minimum Gasteiger partial charge on any atom is -0.311 e. The van der Waals surface area contributed by atoms with Crippen molar-refractivity contribution in [2.45, 2.75) is 20.4 Å². The smallest absolute Gasteiger partial charge is 0.283 e. The van der Waals surface area contributed by atoms with Gasteiger partial charge in [-0.3, -0.25) is 10.1 Å². The molecule has 0 aliphatic heterocycles. The number of nitrogens with zero attached hydrogens (tertiary/aromatic N) is 2. The fourth-order valence-electron chi connectivity index (χ4n) is 1.84. The van der Waals surface area contributed by atoms with E-state index in [1.54, 1.807) is 6.07 Å². The van der Waals surface area contributed by atoms with Gasteiger partial charge >= 0.3 is 0 Å². The van der Waals surface area contributed by atoms with E-state index < -0.39 is 0 Å². The van der Waals surface area contributed by atoms with Crippen molar-refractivity contribution in [2.24, 2.45) is 0 Å². The zero-order valence-electron chi connectivity index (χ0n) is 11.4. The Bertz CT molecular complexity index is 422. The molecule has 0 aromatic heterocycles. The highest BCUT2D eigenvalue weighted by Crippen LogP contribution is 2.27. The molecule has 0 fully saturated rings. The van der Waals surface area contributed by atoms with Crippen molar-refractivity contribution in [1.29, 1.82) is 0 Å². The molecule has 5 nitrogen and oxygen atoms in total. The fraction of sp³-hybridized carbons (Fsp3) is 0.538. The number of likely N-dealkylation sites (N-methyl/N-ethyl adjacent to an activating group) is 1. The van der Waals surface area contributed by atoms with Gasteiger partial charge in [0.2, 0.25) is 0 Å². The first-order valence-corrected chi connectivity index (χ1v) is 7.24. The predicted octanol–water partition coefficient (Wildman–Crippen LogP) is 2.79. The topological polar surface area (TPSA) is 58.4 Å². The van der Waals surface area contributed by atoms with Crippen LogP contribution in [0, 0.1) is 10.1 Å². The van der Waals surface area contributed by atoms with Gasteiger partial charge in [0.05, 0.1) is 9.40 Å². The molecule has 106 valence electrons. The molecule has 0 spiro atoms. The van der Waals surface area contributed by atoms with Gasteiger partial charge in [-0.15, -0.1) is 0 Å². The van der Waals surface area contributed by atoms with Gasteiger partial charge in [0.15, 0.2) is 0 Å². The molecule has 0 aliphatic carbocycles. The van der Waals surface area contributed by atoms with Crippen LogP contribution in [0.2, 0.25) is 0 Å². The first kappa shape index (κ1) is 16.1. The van der Waals surface area contributed by atoms with Crippen LogP contribution in [0.25, 0.3) is 0 Å². The van der Waals surface area contributed by atoms with E-state index in [-0.39, 0.29) is 10.6 Å². The molecule has 19 heavy (non-hydrogen) atoms. The summed E-state index contributed by atoms with van der Waals surface area (Å²) in [5.41, 5.74) is 1.02. The highest BCUT2D eigenvalue weighted by atomic mass is 79.9. The van der Waals surface area contributed by atoms with Gasteiger partial charge in [-0.25, -0.2) is 0 Å². The minimum atomic E-state index is -0.372. The van der Waals surface area contributed by atoms with Gasteiger partial charge in [0, 0.05) is 25.7 Å². The van der Waals surface area contributed by atoms with E-state index in [2.05, 4.69) is 40.0 Å². The van der Waals surface area contributed by atoms with Gasteiger partial charge in [-0.05, 0) is 34.6 Å². The van der Waals surface area contributed by atoms with Gasteiger partial charge in [0.1, 0.15) is 0 Å². The molecule has 0 aliphatic rings. The number of hydrogen-bond donors (Lipinski definition) is 1. The van der Waals surface area contributed by atoms with Crippen LogP contribution in [0.5, 0.6) is 0 Å². The van der Waals surface area contributed by atoms with Crippen molar-refractivity contribution < 1.29 is 4.92 Å². The van der Waals surface area contributed by atoms with Crippen LogP contribution in [0.3, 0.4) is 0 Å². The van der Waals surface area contributed by atoms with Crippen LogP contribution in [0.4, 0.5) is 5.69 Å². The lowest BCUT2D eigenvalue weighted by atomic mass is 10.2. The second-order valence-corrected chi connectivity index (χ2v) is 5.00. The Balaban J connectivity index is 2.50. The third kappa shape index (κ3) is 4.89. The summed E-state index contributed by atoms with van der Waals surface area (Å²) in [6.07, 6.45) is 0. The summed E-state index contributed by atoms with van der Waals surface area (Å²) in [7, 11) is 0. The van der Waals surface area contributed by atoms with Crippen LogP contribution >= 0.6 is 15.9 Å². The first-order valence-electron chi connectivity index (χ1n) is 6.45. The molecule has 1 aromatic carbocycles. The second-order valence-electron chi connectivity index (χ2n) is 4.21.